The minimum Gasteiger partial charge on any atom is -0.464 e. The molecule has 1 aromatic carbocycles. The lowest BCUT2D eigenvalue weighted by Crippen LogP contribution is -2.41. The molecule has 7 nitrogen and oxygen atoms in total. The molecule has 2 atom stereocenters. The summed E-state index contributed by atoms with van der Waals surface area (Å²) < 4.78 is 33.1. The molecule has 0 bridgehead atoms. The molecule has 27 heavy (non-hydrogen) atoms. The molecule has 2 aromatic heterocycles. The summed E-state index contributed by atoms with van der Waals surface area (Å²) in [6, 6.07) is 8.43. The normalized spacial score (nSPS) is 22.9. The number of pyridine rings is 1. The maximum absolute atomic E-state index is 13.2. The molecule has 1 saturated heterocycles. The molecule has 2 aliphatic rings. The van der Waals surface area contributed by atoms with E-state index < -0.39 is 15.9 Å². The van der Waals surface area contributed by atoms with Crippen molar-refractivity contribution in [3.05, 3.63) is 54.6 Å². The van der Waals surface area contributed by atoms with Crippen molar-refractivity contribution in [1.82, 2.24) is 9.29 Å². The third-order valence-corrected chi connectivity index (χ3v) is 7.42. The number of nitrogens with zero attached hydrogens (tertiary/aromatic N) is 3. The first kappa shape index (κ1) is 16.5. The second-order valence-corrected chi connectivity index (χ2v) is 8.92. The van der Waals surface area contributed by atoms with Gasteiger partial charge in [0.2, 0.25) is 15.9 Å². The Morgan fingerprint density at radius 3 is 2.81 bits per heavy atom. The van der Waals surface area contributed by atoms with Gasteiger partial charge < -0.3 is 9.32 Å². The molecule has 2 aliphatic heterocycles. The van der Waals surface area contributed by atoms with Crippen LogP contribution in [0.25, 0.3) is 11.0 Å². The summed E-state index contributed by atoms with van der Waals surface area (Å²) >= 11 is 0. The highest BCUT2D eigenvalue weighted by atomic mass is 32.2. The van der Waals surface area contributed by atoms with E-state index in [4.69, 9.17) is 4.42 Å². The predicted octanol–water partition coefficient (Wildman–Crippen LogP) is 2.21. The van der Waals surface area contributed by atoms with Crippen molar-refractivity contribution in [2.45, 2.75) is 10.8 Å². The summed E-state index contributed by atoms with van der Waals surface area (Å²) in [4.78, 5) is 18.7. The van der Waals surface area contributed by atoms with E-state index >= 15 is 0 Å². The molecule has 0 spiro atoms. The van der Waals surface area contributed by atoms with Crippen molar-refractivity contribution in [2.24, 2.45) is 5.92 Å². The first-order chi connectivity index (χ1) is 13.0. The van der Waals surface area contributed by atoms with Crippen LogP contribution in [0.1, 0.15) is 11.5 Å². The molecule has 4 heterocycles. The Bertz CT molecular complexity index is 1170. The number of fused-ring (bicyclic) bond motifs is 4. The number of carbonyl (C=O) groups is 1. The van der Waals surface area contributed by atoms with Crippen LogP contribution in [0.15, 0.2) is 58.3 Å². The number of anilines is 1. The third-order valence-electron chi connectivity index (χ3n) is 5.59. The number of aromatic nitrogens is 1. The van der Waals surface area contributed by atoms with E-state index in [1.54, 1.807) is 48.6 Å². The lowest BCUT2D eigenvalue weighted by Gasteiger charge is -2.32. The Morgan fingerprint density at radius 2 is 1.96 bits per heavy atom. The number of rotatable bonds is 2. The molecule has 3 aromatic rings. The van der Waals surface area contributed by atoms with Crippen LogP contribution >= 0.6 is 0 Å². The average molecular weight is 383 g/mol. The number of amides is 1. The van der Waals surface area contributed by atoms with Crippen LogP contribution in [0.3, 0.4) is 0 Å². The fourth-order valence-electron chi connectivity index (χ4n) is 4.13. The molecule has 1 amide bonds. The maximum Gasteiger partial charge on any atom is 0.243 e. The van der Waals surface area contributed by atoms with Gasteiger partial charge in [-0.25, -0.2) is 8.42 Å². The van der Waals surface area contributed by atoms with Crippen molar-refractivity contribution in [1.29, 1.82) is 0 Å². The number of hydrogen-bond donors (Lipinski definition) is 0. The van der Waals surface area contributed by atoms with Crippen LogP contribution in [0, 0.1) is 5.92 Å². The molecule has 138 valence electrons. The predicted molar refractivity (Wildman–Crippen MR) is 98.9 cm³/mol. The van der Waals surface area contributed by atoms with Crippen molar-refractivity contribution in [3.63, 3.8) is 0 Å². The molecular weight excluding hydrogens is 366 g/mol. The van der Waals surface area contributed by atoms with Gasteiger partial charge in [-0.3, -0.25) is 9.78 Å². The van der Waals surface area contributed by atoms with E-state index in [0.717, 1.165) is 16.6 Å². The number of benzene rings is 1. The Balaban J connectivity index is 1.54. The molecule has 0 saturated carbocycles. The lowest BCUT2D eigenvalue weighted by atomic mass is 9.84. The standard InChI is InChI=1S/C19H17N3O4S/c1-21-17-4-6-20-9-14(17)15-10-22(11-16(15)19(21)23)27(24,25)13-3-2-12-5-7-26-18(12)8-13/h2-9,15-16H,10-11H2,1H3/t15-,16-/m1/s1. The van der Waals surface area contributed by atoms with E-state index in [2.05, 4.69) is 4.98 Å². The molecular formula is C19H17N3O4S. The third kappa shape index (κ3) is 2.33. The smallest absolute Gasteiger partial charge is 0.243 e. The van der Waals surface area contributed by atoms with Gasteiger partial charge in [0.1, 0.15) is 5.58 Å². The van der Waals surface area contributed by atoms with Crippen LogP contribution in [0.5, 0.6) is 0 Å². The van der Waals surface area contributed by atoms with Gasteiger partial charge in [0.25, 0.3) is 0 Å². The van der Waals surface area contributed by atoms with Crippen molar-refractivity contribution in [2.75, 3.05) is 25.0 Å². The molecule has 5 rings (SSSR count). The van der Waals surface area contributed by atoms with Crippen LogP contribution in [0.4, 0.5) is 5.69 Å². The molecule has 0 unspecified atom stereocenters. The van der Waals surface area contributed by atoms with Gasteiger partial charge in [-0.1, -0.05) is 0 Å². The van der Waals surface area contributed by atoms with E-state index in [-0.39, 0.29) is 29.8 Å². The van der Waals surface area contributed by atoms with E-state index in [1.165, 1.54) is 16.6 Å². The molecule has 0 radical (unpaired) electrons. The van der Waals surface area contributed by atoms with Crippen molar-refractivity contribution < 1.29 is 17.6 Å². The van der Waals surface area contributed by atoms with Crippen molar-refractivity contribution >= 4 is 32.6 Å². The zero-order valence-electron chi connectivity index (χ0n) is 14.6. The lowest BCUT2D eigenvalue weighted by molar-refractivity contribution is -0.122. The van der Waals surface area contributed by atoms with Crippen LogP contribution in [-0.4, -0.2) is 43.8 Å². The SMILES string of the molecule is CN1C(=O)[C@@H]2CN(S(=O)(=O)c3ccc4ccoc4c3)C[C@@H]2c2cnccc21. The van der Waals surface area contributed by atoms with Gasteiger partial charge in [0.05, 0.1) is 17.1 Å². The van der Waals surface area contributed by atoms with Gasteiger partial charge in [-0.2, -0.15) is 4.31 Å². The molecule has 8 heteroatoms. The zero-order chi connectivity index (χ0) is 18.8. The summed E-state index contributed by atoms with van der Waals surface area (Å²) in [5.41, 5.74) is 2.24. The second kappa shape index (κ2) is 5.64. The Labute approximate surface area is 156 Å². The monoisotopic (exact) mass is 383 g/mol. The Hall–Kier alpha value is -2.71. The summed E-state index contributed by atoms with van der Waals surface area (Å²) in [5, 5.41) is 0.848. The van der Waals surface area contributed by atoms with Crippen LogP contribution < -0.4 is 4.90 Å². The van der Waals surface area contributed by atoms with Gasteiger partial charge >= 0.3 is 0 Å². The highest BCUT2D eigenvalue weighted by molar-refractivity contribution is 7.89. The summed E-state index contributed by atoms with van der Waals surface area (Å²) in [5.74, 6) is -0.633. The maximum atomic E-state index is 13.2. The Kier molecular flexibility index (Phi) is 3.44. The number of furan rings is 1. The average Bonchev–Trinajstić information content (AvgIpc) is 3.33. The van der Waals surface area contributed by atoms with Crippen molar-refractivity contribution in [3.8, 4) is 0 Å². The fourth-order valence-corrected chi connectivity index (χ4v) is 5.64. The second-order valence-electron chi connectivity index (χ2n) is 6.99. The highest BCUT2D eigenvalue weighted by Gasteiger charge is 2.48. The first-order valence-corrected chi connectivity index (χ1v) is 10.1. The number of carbonyl (C=O) groups excluding carboxylic acids is 1. The van der Waals surface area contributed by atoms with Gasteiger partial charge in [0.15, 0.2) is 0 Å². The summed E-state index contributed by atoms with van der Waals surface area (Å²) in [6.07, 6.45) is 4.91. The summed E-state index contributed by atoms with van der Waals surface area (Å²) in [6.45, 7) is 0.433. The molecule has 1 fully saturated rings. The molecule has 0 aliphatic carbocycles. The highest BCUT2D eigenvalue weighted by Crippen LogP contribution is 2.44. The van der Waals surface area contributed by atoms with Crippen LogP contribution in [-0.2, 0) is 14.8 Å². The van der Waals surface area contributed by atoms with E-state index in [0.29, 0.717) is 5.58 Å². The van der Waals surface area contributed by atoms with E-state index in [1.807, 2.05) is 0 Å². The minimum atomic E-state index is -3.73. The van der Waals surface area contributed by atoms with Crippen LogP contribution in [0.2, 0.25) is 0 Å². The minimum absolute atomic E-state index is 0.0575. The van der Waals surface area contributed by atoms with Gasteiger partial charge in [-0.15, -0.1) is 0 Å². The largest absolute Gasteiger partial charge is 0.464 e. The van der Waals surface area contributed by atoms with E-state index in [9.17, 15) is 13.2 Å². The van der Waals surface area contributed by atoms with Gasteiger partial charge in [-0.05, 0) is 29.8 Å². The van der Waals surface area contributed by atoms with Gasteiger partial charge in [0, 0.05) is 55.6 Å². The number of hydrogen-bond acceptors (Lipinski definition) is 5. The molecule has 0 N–H and O–H groups in total. The first-order valence-electron chi connectivity index (χ1n) is 8.66. The number of sulfonamides is 1. The fraction of sp³-hybridized carbons (Fsp3) is 0.263. The topological polar surface area (TPSA) is 83.7 Å². The Morgan fingerprint density at radius 1 is 1.15 bits per heavy atom. The quantitative estimate of drug-likeness (QED) is 0.677. The zero-order valence-corrected chi connectivity index (χ0v) is 15.4. The summed E-state index contributed by atoms with van der Waals surface area (Å²) in [7, 11) is -2.01.